The number of nitrogens with one attached hydrogen (secondary N) is 1. The summed E-state index contributed by atoms with van der Waals surface area (Å²) in [5, 5.41) is 3.91. The molecule has 1 aromatic rings. The van der Waals surface area contributed by atoms with Gasteiger partial charge in [-0.25, -0.2) is 14.4 Å². The van der Waals surface area contributed by atoms with E-state index >= 15 is 4.57 Å². The van der Waals surface area contributed by atoms with Crippen LogP contribution in [0, 0.1) is 0 Å². The molecule has 2 saturated heterocycles. The highest BCUT2D eigenvalue weighted by Gasteiger charge is 2.58. The molecular weight excluding hydrogens is 521 g/mol. The number of fused-ring (bicyclic) bond motifs is 1. The molecule has 1 aliphatic carbocycles. The van der Waals surface area contributed by atoms with Gasteiger partial charge in [-0.2, -0.15) is 0 Å². The molecule has 4 rings (SSSR count). The Morgan fingerprint density at radius 1 is 0.969 bits per heavy atom. The van der Waals surface area contributed by atoms with Crippen LogP contribution in [0.4, 0.5) is 0 Å². The van der Waals surface area contributed by atoms with Gasteiger partial charge in [-0.3, -0.25) is 4.57 Å². The van der Waals surface area contributed by atoms with Gasteiger partial charge < -0.3 is 0 Å². The molecule has 3 atom stereocenters. The van der Waals surface area contributed by atoms with Gasteiger partial charge in [0, 0.05) is 28.6 Å². The van der Waals surface area contributed by atoms with Gasteiger partial charge in [0.1, 0.15) is 0 Å². The lowest BCUT2D eigenvalue weighted by Crippen LogP contribution is -2.44. The molecule has 32 heavy (non-hydrogen) atoms. The Kier molecular flexibility index (Phi) is 8.19. The van der Waals surface area contributed by atoms with E-state index in [9.17, 15) is 0 Å². The second kappa shape index (κ2) is 10.2. The molecule has 1 saturated carbocycles. The SMILES string of the molecule is CC(C)N1[C@@H]2CCCC[C@H]2N(C(C)C)P1(=O)N[C@H](c1ccc(Br)cc1)C1(C)SCCCS1. The molecule has 180 valence electrons. The summed E-state index contributed by atoms with van der Waals surface area (Å²) in [6.07, 6.45) is 6.05. The largest absolute Gasteiger partial charge is 0.285 e. The third kappa shape index (κ3) is 4.79. The second-order valence-electron chi connectivity index (χ2n) is 10.1. The number of hydrogen-bond donors (Lipinski definition) is 1. The van der Waals surface area contributed by atoms with Gasteiger partial charge in [-0.15, -0.1) is 23.5 Å². The van der Waals surface area contributed by atoms with E-state index in [1.54, 1.807) is 0 Å². The fourth-order valence-electron chi connectivity index (χ4n) is 5.89. The van der Waals surface area contributed by atoms with E-state index in [4.69, 9.17) is 0 Å². The summed E-state index contributed by atoms with van der Waals surface area (Å²) >= 11 is 7.66. The molecule has 0 amide bonds. The number of hydrogen-bond acceptors (Lipinski definition) is 3. The van der Waals surface area contributed by atoms with Crippen molar-refractivity contribution in [3.63, 3.8) is 0 Å². The Morgan fingerprint density at radius 3 is 1.94 bits per heavy atom. The zero-order chi connectivity index (χ0) is 23.1. The van der Waals surface area contributed by atoms with Crippen molar-refractivity contribution in [3.8, 4) is 0 Å². The Balaban J connectivity index is 1.79. The zero-order valence-electron chi connectivity index (χ0n) is 20.1. The summed E-state index contributed by atoms with van der Waals surface area (Å²) < 4.78 is 21.1. The van der Waals surface area contributed by atoms with Crippen LogP contribution in [0.3, 0.4) is 0 Å². The molecule has 2 aliphatic heterocycles. The van der Waals surface area contributed by atoms with E-state index in [1.807, 2.05) is 23.5 Å². The van der Waals surface area contributed by atoms with Crippen molar-refractivity contribution in [2.24, 2.45) is 0 Å². The zero-order valence-corrected chi connectivity index (χ0v) is 24.2. The molecule has 3 fully saturated rings. The summed E-state index contributed by atoms with van der Waals surface area (Å²) in [5.74, 6) is 2.32. The highest BCUT2D eigenvalue weighted by Crippen LogP contribution is 2.65. The van der Waals surface area contributed by atoms with Crippen LogP contribution in [-0.4, -0.2) is 49.1 Å². The van der Waals surface area contributed by atoms with Crippen molar-refractivity contribution < 1.29 is 4.57 Å². The van der Waals surface area contributed by atoms with Crippen molar-refractivity contribution in [3.05, 3.63) is 34.3 Å². The maximum Gasteiger partial charge on any atom is 0.285 e. The summed E-state index contributed by atoms with van der Waals surface area (Å²) in [7, 11) is -2.97. The molecule has 8 heteroatoms. The van der Waals surface area contributed by atoms with Crippen molar-refractivity contribution in [2.75, 3.05) is 11.5 Å². The van der Waals surface area contributed by atoms with Crippen LogP contribution in [-0.2, 0) is 4.57 Å². The fourth-order valence-corrected chi connectivity index (χ4v) is 13.3. The average molecular weight is 561 g/mol. The topological polar surface area (TPSA) is 35.6 Å². The third-order valence-corrected chi connectivity index (χ3v) is 14.4. The van der Waals surface area contributed by atoms with Gasteiger partial charge in [-0.05, 0) is 83.1 Å². The smallest absolute Gasteiger partial charge is 0.270 e. The average Bonchev–Trinajstić information content (AvgIpc) is 3.01. The van der Waals surface area contributed by atoms with Crippen molar-refractivity contribution in [2.45, 2.75) is 101 Å². The first-order valence-electron chi connectivity index (χ1n) is 12.2. The van der Waals surface area contributed by atoms with E-state index in [-0.39, 0.29) is 22.2 Å². The van der Waals surface area contributed by atoms with Crippen LogP contribution in [0.25, 0.3) is 0 Å². The number of rotatable bonds is 6. The number of benzene rings is 1. The molecule has 1 aromatic carbocycles. The molecule has 1 N–H and O–H groups in total. The summed E-state index contributed by atoms with van der Waals surface area (Å²) in [6.45, 7) is 11.3. The first-order chi connectivity index (χ1) is 15.2. The first-order valence-corrected chi connectivity index (χ1v) is 16.5. The van der Waals surface area contributed by atoms with Crippen LogP contribution >= 0.6 is 47.0 Å². The Hall–Kier alpha value is 0.510. The molecule has 0 bridgehead atoms. The van der Waals surface area contributed by atoms with Crippen LogP contribution in [0.2, 0.25) is 0 Å². The van der Waals surface area contributed by atoms with E-state index in [0.29, 0.717) is 12.1 Å². The summed E-state index contributed by atoms with van der Waals surface area (Å²) in [6, 6.07) is 9.92. The second-order valence-corrected chi connectivity index (χ2v) is 16.6. The maximum absolute atomic E-state index is 15.3. The Labute approximate surface area is 212 Å². The fraction of sp³-hybridized carbons (Fsp3) is 0.750. The molecular formula is C24H39BrN3OPS2. The minimum absolute atomic E-state index is 0.0133. The molecule has 3 aliphatic rings. The monoisotopic (exact) mass is 559 g/mol. The van der Waals surface area contributed by atoms with Crippen LogP contribution in [0.5, 0.6) is 0 Å². The van der Waals surface area contributed by atoms with E-state index in [2.05, 4.69) is 89.2 Å². The normalized spacial score (nSPS) is 29.4. The number of halogens is 1. The molecule has 0 radical (unpaired) electrons. The predicted molar refractivity (Wildman–Crippen MR) is 146 cm³/mol. The van der Waals surface area contributed by atoms with Gasteiger partial charge >= 0.3 is 0 Å². The summed E-state index contributed by atoms with van der Waals surface area (Å²) in [5.41, 5.74) is 1.23. The molecule has 4 nitrogen and oxygen atoms in total. The lowest BCUT2D eigenvalue weighted by atomic mass is 9.89. The van der Waals surface area contributed by atoms with E-state index < -0.39 is 7.59 Å². The maximum atomic E-state index is 15.3. The van der Waals surface area contributed by atoms with Crippen LogP contribution < -0.4 is 5.09 Å². The van der Waals surface area contributed by atoms with E-state index in [0.717, 1.165) is 28.8 Å². The van der Waals surface area contributed by atoms with Gasteiger partial charge in [0.2, 0.25) is 0 Å². The van der Waals surface area contributed by atoms with Crippen molar-refractivity contribution in [1.82, 2.24) is 14.4 Å². The van der Waals surface area contributed by atoms with Crippen molar-refractivity contribution in [1.29, 1.82) is 0 Å². The predicted octanol–water partition coefficient (Wildman–Crippen LogP) is 7.52. The first kappa shape index (κ1) is 25.6. The van der Waals surface area contributed by atoms with Gasteiger partial charge in [-0.1, -0.05) is 40.9 Å². The highest BCUT2D eigenvalue weighted by atomic mass is 79.9. The lowest BCUT2D eigenvalue weighted by molar-refractivity contribution is 0.173. The van der Waals surface area contributed by atoms with Crippen LogP contribution in [0.15, 0.2) is 28.7 Å². The lowest BCUT2D eigenvalue weighted by Gasteiger charge is -2.45. The molecule has 2 heterocycles. The quantitative estimate of drug-likeness (QED) is 0.363. The van der Waals surface area contributed by atoms with Gasteiger partial charge in [0.05, 0.1) is 10.1 Å². The number of nitrogens with zero attached hydrogens (tertiary/aromatic N) is 2. The van der Waals surface area contributed by atoms with Crippen LogP contribution in [0.1, 0.15) is 78.3 Å². The van der Waals surface area contributed by atoms with E-state index in [1.165, 1.54) is 24.8 Å². The third-order valence-electron chi connectivity index (χ3n) is 7.15. The minimum Gasteiger partial charge on any atom is -0.270 e. The standard InChI is InChI=1S/C24H39BrN3OPS2/c1-17(2)27-21-9-6-7-10-22(21)28(18(3)4)30(27,29)26-23(19-11-13-20(25)14-12-19)24(5)31-15-8-16-32-24/h11-14,17-18,21-23H,6-10,15-16H2,1-5H3,(H,26,29)/t21-,22-,23-/m1/s1. The molecule has 0 unspecified atom stereocenters. The highest BCUT2D eigenvalue weighted by molar-refractivity contribution is 9.10. The summed E-state index contributed by atoms with van der Waals surface area (Å²) in [4.78, 5) is 0. The molecule has 0 spiro atoms. The molecule has 0 aromatic heterocycles. The van der Waals surface area contributed by atoms with Crippen molar-refractivity contribution >= 4 is 47.0 Å². The number of thioether (sulfide) groups is 2. The Bertz CT molecular complexity index is 803. The minimum atomic E-state index is -2.97. The Morgan fingerprint density at radius 2 is 1.47 bits per heavy atom. The van der Waals surface area contributed by atoms with Gasteiger partial charge in [0.25, 0.3) is 7.59 Å². The van der Waals surface area contributed by atoms with Gasteiger partial charge in [0.15, 0.2) is 0 Å².